The summed E-state index contributed by atoms with van der Waals surface area (Å²) in [5.74, 6) is -0.461. The molecule has 0 amide bonds. The molecule has 0 unspecified atom stereocenters. The molecule has 0 radical (unpaired) electrons. The summed E-state index contributed by atoms with van der Waals surface area (Å²) in [7, 11) is -3.60. The van der Waals surface area contributed by atoms with Crippen molar-refractivity contribution in [2.24, 2.45) is 0 Å². The van der Waals surface area contributed by atoms with Gasteiger partial charge in [0.2, 0.25) is 10.0 Å². The van der Waals surface area contributed by atoms with Crippen LogP contribution in [-0.4, -0.2) is 8.42 Å². The van der Waals surface area contributed by atoms with Crippen molar-refractivity contribution in [3.05, 3.63) is 65.5 Å². The van der Waals surface area contributed by atoms with E-state index in [0.717, 1.165) is 23.3 Å². The van der Waals surface area contributed by atoms with Crippen LogP contribution in [0.15, 0.2) is 53.4 Å². The molecule has 0 aliphatic carbocycles. The molecule has 5 heteroatoms. The summed E-state index contributed by atoms with van der Waals surface area (Å²) in [5, 5.41) is 0. The van der Waals surface area contributed by atoms with E-state index in [0.29, 0.717) is 0 Å². The second-order valence-electron chi connectivity index (χ2n) is 4.26. The summed E-state index contributed by atoms with van der Waals surface area (Å²) in [5.41, 5.74) is 1.99. The summed E-state index contributed by atoms with van der Waals surface area (Å²) in [6.45, 7) is 2.17. The van der Waals surface area contributed by atoms with E-state index in [9.17, 15) is 12.8 Å². The predicted octanol–water partition coefficient (Wildman–Crippen LogP) is 2.61. The van der Waals surface area contributed by atoms with E-state index in [1.165, 1.54) is 12.1 Å². The quantitative estimate of drug-likeness (QED) is 0.935. The Morgan fingerprint density at radius 3 is 2.16 bits per heavy atom. The highest BCUT2D eigenvalue weighted by atomic mass is 32.2. The van der Waals surface area contributed by atoms with Gasteiger partial charge < -0.3 is 0 Å². The molecule has 0 heterocycles. The molecule has 2 rings (SSSR count). The Morgan fingerprint density at radius 2 is 1.58 bits per heavy atom. The van der Waals surface area contributed by atoms with Crippen molar-refractivity contribution in [2.45, 2.75) is 18.4 Å². The largest absolute Gasteiger partial charge is 0.240 e. The predicted molar refractivity (Wildman–Crippen MR) is 71.6 cm³/mol. The normalized spacial score (nSPS) is 11.5. The molecule has 0 saturated carbocycles. The number of nitrogens with one attached hydrogen (secondary N) is 1. The van der Waals surface area contributed by atoms with Gasteiger partial charge in [-0.2, -0.15) is 0 Å². The van der Waals surface area contributed by atoms with Crippen molar-refractivity contribution < 1.29 is 12.8 Å². The molecule has 100 valence electrons. The third-order valence-corrected chi connectivity index (χ3v) is 4.13. The van der Waals surface area contributed by atoms with Crippen LogP contribution in [0, 0.1) is 12.7 Å². The molecule has 0 saturated heterocycles. The maximum absolute atomic E-state index is 12.7. The average Bonchev–Trinajstić information content (AvgIpc) is 2.39. The second-order valence-corrected chi connectivity index (χ2v) is 6.03. The molecule has 2 aromatic carbocycles. The van der Waals surface area contributed by atoms with Gasteiger partial charge in [0.05, 0.1) is 4.90 Å². The molecule has 3 nitrogen and oxygen atoms in total. The van der Waals surface area contributed by atoms with Crippen LogP contribution in [0.4, 0.5) is 4.39 Å². The van der Waals surface area contributed by atoms with Gasteiger partial charge in [0.1, 0.15) is 5.82 Å². The number of hydrogen-bond acceptors (Lipinski definition) is 2. The van der Waals surface area contributed by atoms with Crippen molar-refractivity contribution in [2.75, 3.05) is 0 Å². The van der Waals surface area contributed by atoms with Crippen molar-refractivity contribution in [1.29, 1.82) is 0 Å². The second kappa shape index (κ2) is 5.50. The molecule has 2 aromatic rings. The number of benzene rings is 2. The van der Waals surface area contributed by atoms with E-state index in [1.54, 1.807) is 0 Å². The Balaban J connectivity index is 2.09. The fourth-order valence-electron chi connectivity index (χ4n) is 1.58. The molecular formula is C14H14FNO2S. The minimum atomic E-state index is -3.60. The van der Waals surface area contributed by atoms with E-state index in [-0.39, 0.29) is 11.4 Å². The first kappa shape index (κ1) is 13.7. The zero-order valence-electron chi connectivity index (χ0n) is 10.4. The van der Waals surface area contributed by atoms with Crippen LogP contribution in [0.1, 0.15) is 11.1 Å². The lowest BCUT2D eigenvalue weighted by Gasteiger charge is -2.07. The number of aryl methyl sites for hydroxylation is 1. The molecule has 1 N–H and O–H groups in total. The van der Waals surface area contributed by atoms with E-state index >= 15 is 0 Å². The zero-order chi connectivity index (χ0) is 13.9. The summed E-state index contributed by atoms with van der Waals surface area (Å²) in [4.78, 5) is 0.0565. The summed E-state index contributed by atoms with van der Waals surface area (Å²) in [6.07, 6.45) is 0. The van der Waals surface area contributed by atoms with Crippen LogP contribution in [-0.2, 0) is 16.6 Å². The highest BCUT2D eigenvalue weighted by Crippen LogP contribution is 2.11. The maximum Gasteiger partial charge on any atom is 0.240 e. The van der Waals surface area contributed by atoms with Crippen molar-refractivity contribution >= 4 is 10.0 Å². The third kappa shape index (κ3) is 3.62. The molecule has 0 aliphatic heterocycles. The van der Waals surface area contributed by atoms with Crippen molar-refractivity contribution in [3.63, 3.8) is 0 Å². The van der Waals surface area contributed by atoms with Crippen LogP contribution in [0.2, 0.25) is 0 Å². The first-order valence-electron chi connectivity index (χ1n) is 5.78. The lowest BCUT2D eigenvalue weighted by molar-refractivity contribution is 0.580. The highest BCUT2D eigenvalue weighted by molar-refractivity contribution is 7.89. The van der Waals surface area contributed by atoms with E-state index in [4.69, 9.17) is 0 Å². The van der Waals surface area contributed by atoms with Crippen molar-refractivity contribution in [3.8, 4) is 0 Å². The lowest BCUT2D eigenvalue weighted by atomic mass is 10.2. The molecule has 0 aliphatic rings. The number of sulfonamides is 1. The monoisotopic (exact) mass is 279 g/mol. The van der Waals surface area contributed by atoms with Gasteiger partial charge in [-0.05, 0) is 36.8 Å². The first-order valence-corrected chi connectivity index (χ1v) is 7.26. The lowest BCUT2D eigenvalue weighted by Crippen LogP contribution is -2.23. The van der Waals surface area contributed by atoms with Gasteiger partial charge in [-0.1, -0.05) is 29.8 Å². The average molecular weight is 279 g/mol. The summed E-state index contributed by atoms with van der Waals surface area (Å²) in [6, 6.07) is 12.3. The Bertz CT molecular complexity index is 649. The Kier molecular flexibility index (Phi) is 3.97. The molecule has 0 atom stereocenters. The van der Waals surface area contributed by atoms with Gasteiger partial charge in [0.15, 0.2) is 0 Å². The molecule has 19 heavy (non-hydrogen) atoms. The van der Waals surface area contributed by atoms with Crippen LogP contribution in [0.3, 0.4) is 0 Å². The Labute approximate surface area is 112 Å². The minimum Gasteiger partial charge on any atom is -0.207 e. The fraction of sp³-hybridized carbons (Fsp3) is 0.143. The van der Waals surface area contributed by atoms with Gasteiger partial charge in [-0.25, -0.2) is 17.5 Å². The number of hydrogen-bond donors (Lipinski definition) is 1. The van der Waals surface area contributed by atoms with Gasteiger partial charge in [0, 0.05) is 6.54 Å². The standard InChI is InChI=1S/C14H14FNO2S/c1-11-2-4-12(5-3-11)10-16-19(17,18)14-8-6-13(15)7-9-14/h2-9,16H,10H2,1H3. The van der Waals surface area contributed by atoms with Gasteiger partial charge in [0.25, 0.3) is 0 Å². The van der Waals surface area contributed by atoms with Crippen molar-refractivity contribution in [1.82, 2.24) is 4.72 Å². The third-order valence-electron chi connectivity index (χ3n) is 2.71. The molecule has 0 spiro atoms. The smallest absolute Gasteiger partial charge is 0.207 e. The topological polar surface area (TPSA) is 46.2 Å². The fourth-order valence-corrected chi connectivity index (χ4v) is 2.60. The Hall–Kier alpha value is -1.72. The van der Waals surface area contributed by atoms with E-state index in [2.05, 4.69) is 4.72 Å². The van der Waals surface area contributed by atoms with Gasteiger partial charge in [-0.15, -0.1) is 0 Å². The maximum atomic E-state index is 12.7. The summed E-state index contributed by atoms with van der Waals surface area (Å²) >= 11 is 0. The van der Waals surface area contributed by atoms with Gasteiger partial charge >= 0.3 is 0 Å². The van der Waals surface area contributed by atoms with Crippen LogP contribution >= 0.6 is 0 Å². The molecule has 0 fully saturated rings. The summed E-state index contributed by atoms with van der Waals surface area (Å²) < 4.78 is 39.1. The number of rotatable bonds is 4. The first-order chi connectivity index (χ1) is 8.97. The van der Waals surface area contributed by atoms with E-state index in [1.807, 2.05) is 31.2 Å². The SMILES string of the molecule is Cc1ccc(CNS(=O)(=O)c2ccc(F)cc2)cc1. The van der Waals surface area contributed by atoms with Crippen LogP contribution in [0.5, 0.6) is 0 Å². The molecular weight excluding hydrogens is 265 g/mol. The van der Waals surface area contributed by atoms with Crippen LogP contribution < -0.4 is 4.72 Å². The zero-order valence-corrected chi connectivity index (χ0v) is 11.2. The Morgan fingerprint density at radius 1 is 1.00 bits per heavy atom. The van der Waals surface area contributed by atoms with E-state index < -0.39 is 15.8 Å². The highest BCUT2D eigenvalue weighted by Gasteiger charge is 2.13. The van der Waals surface area contributed by atoms with Crippen LogP contribution in [0.25, 0.3) is 0 Å². The molecule has 0 aromatic heterocycles. The number of halogens is 1. The van der Waals surface area contributed by atoms with Gasteiger partial charge in [-0.3, -0.25) is 0 Å². The minimum absolute atomic E-state index is 0.0565. The molecule has 0 bridgehead atoms.